The van der Waals surface area contributed by atoms with Crippen molar-refractivity contribution in [1.29, 1.82) is 0 Å². The summed E-state index contributed by atoms with van der Waals surface area (Å²) in [5.41, 5.74) is 5.91. The zero-order chi connectivity index (χ0) is 43.6. The quantitative estimate of drug-likeness (QED) is 0.0367. The van der Waals surface area contributed by atoms with E-state index in [1.54, 1.807) is 42.5 Å². The Morgan fingerprint density at radius 1 is 0.758 bits per heavy atom. The molecule has 1 atom stereocenters. The van der Waals surface area contributed by atoms with Crippen LogP contribution < -0.4 is 15.4 Å². The molecule has 3 aliphatic rings. The number of halogens is 1. The van der Waals surface area contributed by atoms with Crippen molar-refractivity contribution in [2.75, 3.05) is 57.1 Å². The number of phenols is 2. The van der Waals surface area contributed by atoms with E-state index < -0.39 is 29.7 Å². The van der Waals surface area contributed by atoms with Gasteiger partial charge >= 0.3 is 0 Å². The molecule has 4 aromatic rings. The molecule has 0 aliphatic carbocycles. The summed E-state index contributed by atoms with van der Waals surface area (Å²) in [6.45, 7) is 4.76. The number of benzene rings is 4. The lowest BCUT2D eigenvalue weighted by Gasteiger charge is -2.34. The molecular formula is C48H52ClN5O8. The number of nitrogens with zero attached hydrogens (tertiary/aromatic N) is 3. The number of hydrogen-bond donors (Lipinski definition) is 4. The zero-order valence-electron chi connectivity index (χ0n) is 34.6. The van der Waals surface area contributed by atoms with Crippen molar-refractivity contribution in [3.63, 3.8) is 0 Å². The highest BCUT2D eigenvalue weighted by molar-refractivity contribution is 6.25. The number of imide groups is 2. The zero-order valence-corrected chi connectivity index (χ0v) is 35.4. The fourth-order valence-corrected chi connectivity index (χ4v) is 8.53. The molecule has 1 unspecified atom stereocenters. The summed E-state index contributed by atoms with van der Waals surface area (Å²) in [6, 6.07) is 26.2. The number of amides is 5. The largest absolute Gasteiger partial charge is 0.508 e. The molecule has 14 heteroatoms. The number of hydrogen-bond acceptors (Lipinski definition) is 10. The van der Waals surface area contributed by atoms with Crippen LogP contribution in [0.1, 0.15) is 88.8 Å². The molecule has 2 fully saturated rings. The van der Waals surface area contributed by atoms with Crippen molar-refractivity contribution < 1.29 is 38.9 Å². The van der Waals surface area contributed by atoms with E-state index in [9.17, 15) is 34.2 Å². The summed E-state index contributed by atoms with van der Waals surface area (Å²) >= 11 is 6.29. The molecule has 3 heterocycles. The van der Waals surface area contributed by atoms with Crippen LogP contribution in [0.25, 0.3) is 11.1 Å². The van der Waals surface area contributed by atoms with Gasteiger partial charge in [0.2, 0.25) is 17.7 Å². The number of piperazine rings is 1. The van der Waals surface area contributed by atoms with Gasteiger partial charge in [0.15, 0.2) is 0 Å². The van der Waals surface area contributed by atoms with Gasteiger partial charge in [0, 0.05) is 63.7 Å². The van der Waals surface area contributed by atoms with Gasteiger partial charge in [0.25, 0.3) is 11.8 Å². The van der Waals surface area contributed by atoms with Gasteiger partial charge in [-0.25, -0.2) is 0 Å². The second kappa shape index (κ2) is 20.6. The first-order valence-electron chi connectivity index (χ1n) is 21.3. The number of anilines is 1. The fourth-order valence-electron chi connectivity index (χ4n) is 8.34. The first-order chi connectivity index (χ1) is 30.1. The molecule has 0 saturated carbocycles. The molecule has 2 saturated heterocycles. The highest BCUT2D eigenvalue weighted by atomic mass is 35.5. The second-order valence-corrected chi connectivity index (χ2v) is 16.1. The van der Waals surface area contributed by atoms with E-state index in [0.29, 0.717) is 50.7 Å². The van der Waals surface area contributed by atoms with Crippen LogP contribution in [0.5, 0.6) is 17.2 Å². The van der Waals surface area contributed by atoms with Crippen LogP contribution in [-0.4, -0.2) is 112 Å². The molecule has 7 rings (SSSR count). The number of piperidine rings is 1. The Kier molecular flexibility index (Phi) is 14.6. The van der Waals surface area contributed by atoms with Crippen molar-refractivity contribution in [2.24, 2.45) is 0 Å². The van der Waals surface area contributed by atoms with Crippen LogP contribution >= 0.6 is 11.6 Å². The van der Waals surface area contributed by atoms with Gasteiger partial charge in [-0.05, 0) is 102 Å². The lowest BCUT2D eigenvalue weighted by atomic mass is 9.88. The van der Waals surface area contributed by atoms with Crippen LogP contribution in [0.15, 0.2) is 91.0 Å². The van der Waals surface area contributed by atoms with E-state index in [-0.39, 0.29) is 41.4 Å². The minimum Gasteiger partial charge on any atom is -0.508 e. The Bertz CT molecular complexity index is 2290. The van der Waals surface area contributed by atoms with Crippen LogP contribution in [0.2, 0.25) is 0 Å². The van der Waals surface area contributed by atoms with E-state index >= 15 is 0 Å². The monoisotopic (exact) mass is 861 g/mol. The molecular weight excluding hydrogens is 810 g/mol. The second-order valence-electron chi connectivity index (χ2n) is 15.7. The molecule has 3 aliphatic heterocycles. The third kappa shape index (κ3) is 10.5. The third-order valence-electron chi connectivity index (χ3n) is 11.7. The average molecular weight is 862 g/mol. The van der Waals surface area contributed by atoms with Gasteiger partial charge in [0.1, 0.15) is 29.9 Å². The molecule has 5 amide bonds. The molecule has 0 spiro atoms. The predicted octanol–water partition coefficient (Wildman–Crippen LogP) is 6.67. The number of phenolic OH excluding ortho intramolecular Hbond substituents is 2. The first-order valence-corrected chi connectivity index (χ1v) is 21.8. The van der Waals surface area contributed by atoms with Gasteiger partial charge in [-0.3, -0.25) is 39.1 Å². The molecule has 4 aromatic carbocycles. The normalized spacial score (nSPS) is 17.1. The van der Waals surface area contributed by atoms with Crippen LogP contribution in [0.3, 0.4) is 0 Å². The summed E-state index contributed by atoms with van der Waals surface area (Å²) in [7, 11) is 0. The maximum Gasteiger partial charge on any atom is 0.264 e. The Hall–Kier alpha value is -6.18. The van der Waals surface area contributed by atoms with E-state index in [0.717, 1.165) is 83.8 Å². The Balaban J connectivity index is 0.809. The van der Waals surface area contributed by atoms with Crippen molar-refractivity contribution in [3.8, 4) is 17.2 Å². The Morgan fingerprint density at radius 2 is 1.40 bits per heavy atom. The number of fused-ring (bicyclic) bond motifs is 1. The number of nitrogens with one attached hydrogen (secondary N) is 2. The molecule has 0 aromatic heterocycles. The molecule has 4 N–H and O–H groups in total. The SMILES string of the molecule is O=C1CCC(N2C(=O)c3cccc(NCCCCCCC(=O)N4CCN(CCOc5ccc(C(=C(CCCl)c6ccc(O)cc6)c6ccc(O)cc6)cc5)CC4)c3C2=O)C(=O)N1. The number of carbonyl (C=O) groups excluding carboxylic acids is 5. The van der Waals surface area contributed by atoms with Gasteiger partial charge in [-0.2, -0.15) is 0 Å². The number of allylic oxidation sites excluding steroid dienone is 1. The standard InChI is InChI=1S/C48H52ClN5O8/c49-24-23-38(32-9-15-35(55)16-10-32)44(33-11-17-36(56)18-12-33)34-13-19-37(20-14-34)62-31-30-52-26-28-53(29-27-52)43(58)8-3-1-2-4-25-50-40-7-5-6-39-45(40)48(61)54(47(39)60)41-21-22-42(57)51-46(41)59/h5-7,9-20,41,50,55-56H,1-4,8,21-31H2,(H,51,57,59). The summed E-state index contributed by atoms with van der Waals surface area (Å²) in [5, 5.41) is 25.4. The van der Waals surface area contributed by atoms with Crippen LogP contribution in [-0.2, 0) is 14.4 Å². The lowest BCUT2D eigenvalue weighted by Crippen LogP contribution is -2.54. The number of ether oxygens (including phenoxy) is 1. The topological polar surface area (TPSA) is 169 Å². The Labute approximate surface area is 366 Å². The smallest absolute Gasteiger partial charge is 0.264 e. The number of alkyl halides is 1. The highest BCUT2D eigenvalue weighted by Crippen LogP contribution is 2.37. The van der Waals surface area contributed by atoms with Crippen molar-refractivity contribution >= 4 is 58.0 Å². The summed E-state index contributed by atoms with van der Waals surface area (Å²) < 4.78 is 6.15. The van der Waals surface area contributed by atoms with Crippen molar-refractivity contribution in [3.05, 3.63) is 119 Å². The van der Waals surface area contributed by atoms with E-state index in [2.05, 4.69) is 15.5 Å². The molecule has 0 radical (unpaired) electrons. The minimum absolute atomic E-state index is 0.0695. The van der Waals surface area contributed by atoms with Crippen molar-refractivity contribution in [2.45, 2.75) is 57.4 Å². The number of unbranched alkanes of at least 4 members (excludes halogenated alkanes) is 3. The third-order valence-corrected chi connectivity index (χ3v) is 11.9. The Morgan fingerprint density at radius 3 is 2.06 bits per heavy atom. The molecule has 0 bridgehead atoms. The average Bonchev–Trinajstić information content (AvgIpc) is 3.53. The summed E-state index contributed by atoms with van der Waals surface area (Å²) in [6.07, 6.45) is 4.67. The van der Waals surface area contributed by atoms with E-state index in [1.165, 1.54) is 0 Å². The van der Waals surface area contributed by atoms with Gasteiger partial charge < -0.3 is 25.2 Å². The molecule has 324 valence electrons. The minimum atomic E-state index is -1.01. The van der Waals surface area contributed by atoms with E-state index in [1.807, 2.05) is 53.4 Å². The molecule has 62 heavy (non-hydrogen) atoms. The van der Waals surface area contributed by atoms with Crippen molar-refractivity contribution in [1.82, 2.24) is 20.0 Å². The van der Waals surface area contributed by atoms with Gasteiger partial charge in [-0.1, -0.05) is 55.3 Å². The summed E-state index contributed by atoms with van der Waals surface area (Å²) in [4.78, 5) is 68.7. The fraction of sp³-hybridized carbons (Fsp3) is 0.354. The molecule has 13 nitrogen and oxygen atoms in total. The van der Waals surface area contributed by atoms with E-state index in [4.69, 9.17) is 16.3 Å². The van der Waals surface area contributed by atoms with Gasteiger partial charge in [0.05, 0.1) is 11.1 Å². The summed E-state index contributed by atoms with van der Waals surface area (Å²) in [5.74, 6) is -0.402. The number of aromatic hydroxyl groups is 2. The maximum atomic E-state index is 13.3. The first kappa shape index (κ1) is 43.9. The number of rotatable bonds is 18. The highest BCUT2D eigenvalue weighted by Gasteiger charge is 2.45. The van der Waals surface area contributed by atoms with Crippen LogP contribution in [0, 0.1) is 0 Å². The van der Waals surface area contributed by atoms with Gasteiger partial charge in [-0.15, -0.1) is 11.6 Å². The lowest BCUT2D eigenvalue weighted by molar-refractivity contribution is -0.136. The predicted molar refractivity (Wildman–Crippen MR) is 237 cm³/mol. The maximum absolute atomic E-state index is 13.3. The number of carbonyl (C=O) groups is 5. The van der Waals surface area contributed by atoms with Crippen LogP contribution in [0.4, 0.5) is 5.69 Å².